The van der Waals surface area contributed by atoms with Gasteiger partial charge in [0.25, 0.3) is 0 Å². The molecule has 2 aromatic rings. The first kappa shape index (κ1) is 16.4. The maximum absolute atomic E-state index is 12.0. The molecule has 1 fully saturated rings. The molecule has 0 bridgehead atoms. The number of hydrogen-bond acceptors (Lipinski definition) is 2. The Hall–Kier alpha value is -2.49. The van der Waals surface area contributed by atoms with Crippen LogP contribution in [0.5, 0.6) is 11.5 Å². The fourth-order valence-electron chi connectivity index (χ4n) is 3.03. The molecule has 3 rings (SSSR count). The van der Waals surface area contributed by atoms with Crippen molar-refractivity contribution in [1.82, 2.24) is 5.32 Å². The zero-order valence-corrected chi connectivity index (χ0v) is 13.8. The van der Waals surface area contributed by atoms with Crippen LogP contribution in [-0.4, -0.2) is 12.6 Å². The van der Waals surface area contributed by atoms with Gasteiger partial charge < -0.3 is 15.4 Å². The molecule has 1 aliphatic carbocycles. The SMILES string of the molecule is O=C(NCC1CCCCC1)Nc1ccc(Oc2ccccc2)cc1. The minimum Gasteiger partial charge on any atom is -0.457 e. The molecule has 24 heavy (non-hydrogen) atoms. The first-order valence-corrected chi connectivity index (χ1v) is 8.67. The van der Waals surface area contributed by atoms with E-state index < -0.39 is 0 Å². The Bertz CT molecular complexity index is 634. The fraction of sp³-hybridized carbons (Fsp3) is 0.350. The van der Waals surface area contributed by atoms with Gasteiger partial charge >= 0.3 is 6.03 Å². The lowest BCUT2D eigenvalue weighted by Gasteiger charge is -2.21. The van der Waals surface area contributed by atoms with Crippen molar-refractivity contribution in [2.45, 2.75) is 32.1 Å². The third kappa shape index (κ3) is 5.01. The highest BCUT2D eigenvalue weighted by molar-refractivity contribution is 5.89. The van der Waals surface area contributed by atoms with Gasteiger partial charge in [-0.1, -0.05) is 37.5 Å². The summed E-state index contributed by atoms with van der Waals surface area (Å²) in [6, 6.07) is 16.9. The molecule has 0 aliphatic heterocycles. The highest BCUT2D eigenvalue weighted by Crippen LogP contribution is 2.23. The first-order chi connectivity index (χ1) is 11.8. The Balaban J connectivity index is 1.45. The molecule has 0 heterocycles. The number of benzene rings is 2. The van der Waals surface area contributed by atoms with Crippen LogP contribution in [0.1, 0.15) is 32.1 Å². The third-order valence-electron chi connectivity index (χ3n) is 4.37. The zero-order valence-electron chi connectivity index (χ0n) is 13.8. The smallest absolute Gasteiger partial charge is 0.319 e. The second kappa shape index (κ2) is 8.39. The first-order valence-electron chi connectivity index (χ1n) is 8.67. The summed E-state index contributed by atoms with van der Waals surface area (Å²) >= 11 is 0. The summed E-state index contributed by atoms with van der Waals surface area (Å²) in [6.45, 7) is 0.765. The van der Waals surface area contributed by atoms with Crippen molar-refractivity contribution in [3.8, 4) is 11.5 Å². The number of rotatable bonds is 5. The van der Waals surface area contributed by atoms with Crippen LogP contribution >= 0.6 is 0 Å². The van der Waals surface area contributed by atoms with Crippen LogP contribution < -0.4 is 15.4 Å². The van der Waals surface area contributed by atoms with Gasteiger partial charge in [0, 0.05) is 12.2 Å². The van der Waals surface area contributed by atoms with Crippen molar-refractivity contribution in [1.29, 1.82) is 0 Å². The highest BCUT2D eigenvalue weighted by atomic mass is 16.5. The summed E-state index contributed by atoms with van der Waals surface area (Å²) < 4.78 is 5.74. The van der Waals surface area contributed by atoms with Crippen LogP contribution in [0, 0.1) is 5.92 Å². The van der Waals surface area contributed by atoms with Gasteiger partial charge in [0.1, 0.15) is 11.5 Å². The third-order valence-corrected chi connectivity index (χ3v) is 4.37. The van der Waals surface area contributed by atoms with Crippen LogP contribution in [0.4, 0.5) is 10.5 Å². The summed E-state index contributed by atoms with van der Waals surface area (Å²) in [5, 5.41) is 5.84. The predicted octanol–water partition coefficient (Wildman–Crippen LogP) is 5.18. The maximum atomic E-state index is 12.0. The Morgan fingerprint density at radius 2 is 1.58 bits per heavy atom. The van der Waals surface area contributed by atoms with E-state index in [1.54, 1.807) is 0 Å². The molecule has 0 saturated heterocycles. The zero-order chi connectivity index (χ0) is 16.6. The van der Waals surface area contributed by atoms with E-state index in [4.69, 9.17) is 4.74 Å². The van der Waals surface area contributed by atoms with Crippen molar-refractivity contribution >= 4 is 11.7 Å². The lowest BCUT2D eigenvalue weighted by atomic mass is 9.89. The van der Waals surface area contributed by atoms with Gasteiger partial charge in [-0.2, -0.15) is 0 Å². The monoisotopic (exact) mass is 324 g/mol. The lowest BCUT2D eigenvalue weighted by Crippen LogP contribution is -2.33. The number of anilines is 1. The van der Waals surface area contributed by atoms with Crippen molar-refractivity contribution in [2.24, 2.45) is 5.92 Å². The molecular formula is C20H24N2O2. The second-order valence-electron chi connectivity index (χ2n) is 6.28. The highest BCUT2D eigenvalue weighted by Gasteiger charge is 2.14. The Morgan fingerprint density at radius 3 is 2.29 bits per heavy atom. The van der Waals surface area contributed by atoms with Gasteiger partial charge in [-0.25, -0.2) is 4.79 Å². The summed E-state index contributed by atoms with van der Waals surface area (Å²) in [7, 11) is 0. The number of nitrogens with one attached hydrogen (secondary N) is 2. The van der Waals surface area contributed by atoms with Crippen LogP contribution in [0.25, 0.3) is 0 Å². The van der Waals surface area contributed by atoms with Gasteiger partial charge in [-0.05, 0) is 55.2 Å². The average molecular weight is 324 g/mol. The fourth-order valence-corrected chi connectivity index (χ4v) is 3.03. The van der Waals surface area contributed by atoms with Gasteiger partial charge in [-0.15, -0.1) is 0 Å². The van der Waals surface area contributed by atoms with Gasteiger partial charge in [0.2, 0.25) is 0 Å². The Kier molecular flexibility index (Phi) is 5.72. The number of amides is 2. The Labute approximate surface area is 143 Å². The number of ether oxygens (including phenoxy) is 1. The number of carbonyl (C=O) groups is 1. The second-order valence-corrected chi connectivity index (χ2v) is 6.28. The summed E-state index contributed by atoms with van der Waals surface area (Å²) in [6.07, 6.45) is 6.37. The van der Waals surface area contributed by atoms with E-state index in [-0.39, 0.29) is 6.03 Å². The molecule has 126 valence electrons. The Morgan fingerprint density at radius 1 is 0.917 bits per heavy atom. The number of carbonyl (C=O) groups excluding carboxylic acids is 1. The van der Waals surface area contributed by atoms with Gasteiger partial charge in [0.05, 0.1) is 0 Å². The summed E-state index contributed by atoms with van der Waals surface area (Å²) in [5.41, 5.74) is 0.761. The molecule has 2 aromatic carbocycles. The molecule has 1 saturated carbocycles. The minimum atomic E-state index is -0.141. The van der Waals surface area contributed by atoms with E-state index in [2.05, 4.69) is 10.6 Å². The maximum Gasteiger partial charge on any atom is 0.319 e. The number of urea groups is 1. The van der Waals surface area contributed by atoms with E-state index in [0.29, 0.717) is 5.92 Å². The quantitative estimate of drug-likeness (QED) is 0.796. The van der Waals surface area contributed by atoms with E-state index in [1.165, 1.54) is 32.1 Å². The molecule has 0 unspecified atom stereocenters. The van der Waals surface area contributed by atoms with Crippen molar-refractivity contribution < 1.29 is 9.53 Å². The molecule has 0 aromatic heterocycles. The summed E-state index contributed by atoms with van der Waals surface area (Å²) in [4.78, 5) is 12.0. The number of hydrogen-bond donors (Lipinski definition) is 2. The number of para-hydroxylation sites is 1. The lowest BCUT2D eigenvalue weighted by molar-refractivity contribution is 0.247. The van der Waals surface area contributed by atoms with E-state index in [0.717, 1.165) is 23.7 Å². The molecule has 4 nitrogen and oxygen atoms in total. The standard InChI is InChI=1S/C20H24N2O2/c23-20(21-15-16-7-3-1-4-8-16)22-17-11-13-19(14-12-17)24-18-9-5-2-6-10-18/h2,5-6,9-14,16H,1,3-4,7-8,15H2,(H2,21,22,23). The largest absolute Gasteiger partial charge is 0.457 e. The van der Waals surface area contributed by atoms with Crippen LogP contribution in [-0.2, 0) is 0 Å². The average Bonchev–Trinajstić information content (AvgIpc) is 2.63. The molecule has 2 N–H and O–H groups in total. The molecule has 4 heteroatoms. The van der Waals surface area contributed by atoms with Crippen molar-refractivity contribution in [3.63, 3.8) is 0 Å². The minimum absolute atomic E-state index is 0.141. The van der Waals surface area contributed by atoms with E-state index in [9.17, 15) is 4.79 Å². The predicted molar refractivity (Wildman–Crippen MR) is 96.6 cm³/mol. The normalized spacial score (nSPS) is 14.8. The van der Waals surface area contributed by atoms with Gasteiger partial charge in [0.15, 0.2) is 0 Å². The van der Waals surface area contributed by atoms with Crippen LogP contribution in [0.15, 0.2) is 54.6 Å². The molecule has 2 amide bonds. The van der Waals surface area contributed by atoms with E-state index >= 15 is 0 Å². The summed E-state index contributed by atoms with van der Waals surface area (Å²) in [5.74, 6) is 2.17. The van der Waals surface area contributed by atoms with Crippen LogP contribution in [0.3, 0.4) is 0 Å². The molecule has 0 atom stereocenters. The topological polar surface area (TPSA) is 50.4 Å². The molecule has 0 spiro atoms. The van der Waals surface area contributed by atoms with Crippen molar-refractivity contribution in [3.05, 3.63) is 54.6 Å². The molecule has 1 aliphatic rings. The van der Waals surface area contributed by atoms with Crippen molar-refractivity contribution in [2.75, 3.05) is 11.9 Å². The van der Waals surface area contributed by atoms with E-state index in [1.807, 2.05) is 54.6 Å². The van der Waals surface area contributed by atoms with Gasteiger partial charge in [-0.3, -0.25) is 0 Å². The molecular weight excluding hydrogens is 300 g/mol. The van der Waals surface area contributed by atoms with Crippen LogP contribution in [0.2, 0.25) is 0 Å². The molecule has 0 radical (unpaired) electrons.